The zero-order valence-electron chi connectivity index (χ0n) is 10.3. The third kappa shape index (κ3) is 2.45. The van der Waals surface area contributed by atoms with E-state index < -0.39 is 0 Å². The number of hydrogen-bond donors (Lipinski definition) is 1. The Hall–Kier alpha value is -0.280. The molecule has 1 saturated heterocycles. The second-order valence-electron chi connectivity index (χ2n) is 5.60. The van der Waals surface area contributed by atoms with Gasteiger partial charge in [-0.15, -0.1) is 12.4 Å². The molecule has 0 saturated carbocycles. The number of amides is 1. The van der Waals surface area contributed by atoms with Crippen molar-refractivity contribution >= 4 is 18.3 Å². The summed E-state index contributed by atoms with van der Waals surface area (Å²) in [7, 11) is 0. The molecule has 4 heteroatoms. The number of carbonyl (C=O) groups is 1. The van der Waals surface area contributed by atoms with Crippen molar-refractivity contribution < 1.29 is 4.79 Å². The normalized spacial score (nSPS) is 23.7. The van der Waals surface area contributed by atoms with Crippen LogP contribution >= 0.6 is 12.4 Å². The molecule has 1 atom stereocenters. The Labute approximate surface area is 98.8 Å². The van der Waals surface area contributed by atoms with Crippen molar-refractivity contribution in [3.05, 3.63) is 0 Å². The minimum Gasteiger partial charge on any atom is -0.336 e. The van der Waals surface area contributed by atoms with Crippen LogP contribution in [0.5, 0.6) is 0 Å². The van der Waals surface area contributed by atoms with Crippen LogP contribution in [0.3, 0.4) is 0 Å². The maximum Gasteiger partial charge on any atom is 0.224 e. The molecule has 15 heavy (non-hydrogen) atoms. The van der Waals surface area contributed by atoms with E-state index in [0.717, 1.165) is 6.54 Å². The van der Waals surface area contributed by atoms with E-state index in [0.29, 0.717) is 6.42 Å². The van der Waals surface area contributed by atoms with Gasteiger partial charge >= 0.3 is 0 Å². The third-order valence-electron chi connectivity index (χ3n) is 3.68. The minimum atomic E-state index is -0.0398. The molecule has 1 aliphatic heterocycles. The largest absolute Gasteiger partial charge is 0.336 e. The SMILES string of the molecule is CC(N)CC(=O)N1CC(C)(C)C1(C)C.Cl. The van der Waals surface area contributed by atoms with Crippen molar-refractivity contribution in [2.24, 2.45) is 11.1 Å². The van der Waals surface area contributed by atoms with Gasteiger partial charge in [-0.05, 0) is 20.8 Å². The third-order valence-corrected chi connectivity index (χ3v) is 3.68. The van der Waals surface area contributed by atoms with Crippen molar-refractivity contribution in [3.8, 4) is 0 Å². The highest BCUT2D eigenvalue weighted by atomic mass is 35.5. The van der Waals surface area contributed by atoms with Gasteiger partial charge in [-0.1, -0.05) is 13.8 Å². The first-order valence-electron chi connectivity index (χ1n) is 5.24. The van der Waals surface area contributed by atoms with Crippen LogP contribution in [0.15, 0.2) is 0 Å². The van der Waals surface area contributed by atoms with Crippen LogP contribution < -0.4 is 5.73 Å². The summed E-state index contributed by atoms with van der Waals surface area (Å²) < 4.78 is 0. The molecule has 0 bridgehead atoms. The predicted molar refractivity (Wildman–Crippen MR) is 65.1 cm³/mol. The molecule has 0 radical (unpaired) electrons. The first-order chi connectivity index (χ1) is 6.18. The number of hydrogen-bond acceptors (Lipinski definition) is 2. The Kier molecular flexibility index (Phi) is 4.22. The second-order valence-corrected chi connectivity index (χ2v) is 5.60. The topological polar surface area (TPSA) is 46.3 Å². The molecule has 1 unspecified atom stereocenters. The van der Waals surface area contributed by atoms with Crippen LogP contribution in [-0.2, 0) is 4.79 Å². The minimum absolute atomic E-state index is 0. The Balaban J connectivity index is 0.00000196. The zero-order chi connectivity index (χ0) is 11.1. The smallest absolute Gasteiger partial charge is 0.224 e. The van der Waals surface area contributed by atoms with Crippen LogP contribution in [-0.4, -0.2) is 28.9 Å². The first kappa shape index (κ1) is 14.7. The molecule has 0 aliphatic carbocycles. The van der Waals surface area contributed by atoms with Gasteiger partial charge in [0.25, 0.3) is 0 Å². The zero-order valence-corrected chi connectivity index (χ0v) is 11.1. The summed E-state index contributed by atoms with van der Waals surface area (Å²) in [6, 6.07) is -0.0398. The molecule has 0 aromatic rings. The lowest BCUT2D eigenvalue weighted by atomic mass is 9.65. The summed E-state index contributed by atoms with van der Waals surface area (Å²) in [6.07, 6.45) is 0.458. The number of nitrogens with two attached hydrogens (primary N) is 1. The Bertz CT molecular complexity index is 249. The molecule has 1 fully saturated rings. The number of likely N-dealkylation sites (tertiary alicyclic amines) is 1. The summed E-state index contributed by atoms with van der Waals surface area (Å²) in [4.78, 5) is 13.7. The van der Waals surface area contributed by atoms with Crippen molar-refractivity contribution in [2.75, 3.05) is 6.54 Å². The Morgan fingerprint density at radius 2 is 1.87 bits per heavy atom. The molecule has 2 N–H and O–H groups in total. The van der Waals surface area contributed by atoms with Crippen LogP contribution in [0.4, 0.5) is 0 Å². The van der Waals surface area contributed by atoms with Crippen molar-refractivity contribution in [2.45, 2.75) is 52.6 Å². The number of rotatable bonds is 2. The van der Waals surface area contributed by atoms with Gasteiger partial charge in [-0.2, -0.15) is 0 Å². The van der Waals surface area contributed by atoms with Gasteiger partial charge in [0.2, 0.25) is 5.91 Å². The van der Waals surface area contributed by atoms with E-state index in [-0.39, 0.29) is 35.3 Å². The molecule has 0 aromatic heterocycles. The standard InChI is InChI=1S/C11H22N2O.ClH/c1-8(12)6-9(14)13-7-10(2,3)11(13,4)5;/h8H,6-7,12H2,1-5H3;1H. The molecule has 0 spiro atoms. The van der Waals surface area contributed by atoms with E-state index in [1.807, 2.05) is 11.8 Å². The van der Waals surface area contributed by atoms with E-state index in [1.165, 1.54) is 0 Å². The average Bonchev–Trinajstić information content (AvgIpc) is 1.98. The molecule has 1 rings (SSSR count). The fourth-order valence-corrected chi connectivity index (χ4v) is 1.85. The lowest BCUT2D eigenvalue weighted by Crippen LogP contribution is -2.70. The van der Waals surface area contributed by atoms with Gasteiger partial charge in [0, 0.05) is 30.0 Å². The molecular weight excluding hydrogens is 212 g/mol. The predicted octanol–water partition coefficient (Wildman–Crippen LogP) is 1.79. The van der Waals surface area contributed by atoms with Crippen molar-refractivity contribution in [1.29, 1.82) is 0 Å². The molecule has 1 aliphatic rings. The quantitative estimate of drug-likeness (QED) is 0.792. The van der Waals surface area contributed by atoms with E-state index in [9.17, 15) is 4.79 Å². The summed E-state index contributed by atoms with van der Waals surface area (Å²) in [5, 5.41) is 0. The van der Waals surface area contributed by atoms with Crippen LogP contribution in [0.25, 0.3) is 0 Å². The second kappa shape index (κ2) is 4.30. The first-order valence-corrected chi connectivity index (χ1v) is 5.24. The highest BCUT2D eigenvalue weighted by Gasteiger charge is 2.54. The average molecular weight is 235 g/mol. The Morgan fingerprint density at radius 3 is 2.13 bits per heavy atom. The summed E-state index contributed by atoms with van der Waals surface area (Å²) in [6.45, 7) is 11.4. The lowest BCUT2D eigenvalue weighted by molar-refractivity contribution is -0.167. The van der Waals surface area contributed by atoms with Gasteiger partial charge in [0.05, 0.1) is 0 Å². The maximum atomic E-state index is 11.8. The molecule has 1 amide bonds. The summed E-state index contributed by atoms with van der Waals surface area (Å²) in [5.41, 5.74) is 5.81. The van der Waals surface area contributed by atoms with E-state index in [2.05, 4.69) is 27.7 Å². The van der Waals surface area contributed by atoms with Crippen LogP contribution in [0.1, 0.15) is 41.0 Å². The number of nitrogens with zero attached hydrogens (tertiary/aromatic N) is 1. The van der Waals surface area contributed by atoms with Crippen LogP contribution in [0.2, 0.25) is 0 Å². The van der Waals surface area contributed by atoms with Crippen molar-refractivity contribution in [1.82, 2.24) is 4.90 Å². The molecule has 1 heterocycles. The highest BCUT2D eigenvalue weighted by molar-refractivity contribution is 5.85. The van der Waals surface area contributed by atoms with Gasteiger partial charge in [-0.3, -0.25) is 4.79 Å². The van der Waals surface area contributed by atoms with E-state index >= 15 is 0 Å². The monoisotopic (exact) mass is 234 g/mol. The Morgan fingerprint density at radius 1 is 1.40 bits per heavy atom. The molecule has 90 valence electrons. The summed E-state index contributed by atoms with van der Waals surface area (Å²) in [5.74, 6) is 0.185. The lowest BCUT2D eigenvalue weighted by Gasteiger charge is -2.61. The van der Waals surface area contributed by atoms with E-state index in [1.54, 1.807) is 0 Å². The molecule has 3 nitrogen and oxygen atoms in total. The van der Waals surface area contributed by atoms with E-state index in [4.69, 9.17) is 5.73 Å². The maximum absolute atomic E-state index is 11.8. The summed E-state index contributed by atoms with van der Waals surface area (Å²) >= 11 is 0. The fraction of sp³-hybridized carbons (Fsp3) is 0.909. The fourth-order valence-electron chi connectivity index (χ4n) is 1.85. The van der Waals surface area contributed by atoms with Crippen LogP contribution in [0, 0.1) is 5.41 Å². The van der Waals surface area contributed by atoms with Crippen molar-refractivity contribution in [3.63, 3.8) is 0 Å². The molecule has 0 aromatic carbocycles. The number of halogens is 1. The van der Waals surface area contributed by atoms with Gasteiger partial charge in [-0.25, -0.2) is 0 Å². The number of carbonyl (C=O) groups excluding carboxylic acids is 1. The van der Waals surface area contributed by atoms with Gasteiger partial charge in [0.15, 0.2) is 0 Å². The van der Waals surface area contributed by atoms with Gasteiger partial charge < -0.3 is 10.6 Å². The van der Waals surface area contributed by atoms with Gasteiger partial charge in [0.1, 0.15) is 0 Å². The molecular formula is C11H23ClN2O. The highest BCUT2D eigenvalue weighted by Crippen LogP contribution is 2.46.